The van der Waals surface area contributed by atoms with Crippen molar-refractivity contribution >= 4 is 39.5 Å². The van der Waals surface area contributed by atoms with E-state index in [-0.39, 0.29) is 24.8 Å². The summed E-state index contributed by atoms with van der Waals surface area (Å²) in [6.07, 6.45) is -0.538. The van der Waals surface area contributed by atoms with Crippen LogP contribution in [0.4, 0.5) is 10.5 Å². The average molecular weight is 414 g/mol. The molecule has 0 aliphatic rings. The molecule has 3 N–H and O–H groups in total. The fraction of sp³-hybridized carbons (Fsp3) is 0.471. The normalized spacial score (nSPS) is 12.0. The van der Waals surface area contributed by atoms with E-state index in [2.05, 4.69) is 31.9 Å². The Hall–Kier alpha value is -2.09. The van der Waals surface area contributed by atoms with E-state index in [1.54, 1.807) is 39.8 Å². The van der Waals surface area contributed by atoms with Gasteiger partial charge in [-0.15, -0.1) is 0 Å². The van der Waals surface area contributed by atoms with E-state index in [4.69, 9.17) is 4.74 Å². The van der Waals surface area contributed by atoms with Gasteiger partial charge in [0, 0.05) is 23.1 Å². The van der Waals surface area contributed by atoms with Crippen LogP contribution in [0.15, 0.2) is 28.7 Å². The number of ether oxygens (including phenoxy) is 1. The van der Waals surface area contributed by atoms with Gasteiger partial charge in [0.2, 0.25) is 11.8 Å². The zero-order chi connectivity index (χ0) is 19.0. The van der Waals surface area contributed by atoms with E-state index in [9.17, 15) is 14.4 Å². The molecule has 3 amide bonds. The van der Waals surface area contributed by atoms with E-state index in [0.29, 0.717) is 5.69 Å². The number of anilines is 1. The molecule has 0 aliphatic carbocycles. The smallest absolute Gasteiger partial charge is 0.408 e. The molecule has 138 valence electrons. The van der Waals surface area contributed by atoms with Crippen molar-refractivity contribution in [3.8, 4) is 0 Å². The highest BCUT2D eigenvalue weighted by Gasteiger charge is 2.20. The summed E-state index contributed by atoms with van der Waals surface area (Å²) < 4.78 is 6.00. The van der Waals surface area contributed by atoms with Gasteiger partial charge in [-0.1, -0.05) is 15.9 Å². The van der Waals surface area contributed by atoms with Gasteiger partial charge >= 0.3 is 6.09 Å². The van der Waals surface area contributed by atoms with Gasteiger partial charge in [-0.3, -0.25) is 9.59 Å². The van der Waals surface area contributed by atoms with Crippen LogP contribution in [0.5, 0.6) is 0 Å². The molecule has 0 heterocycles. The van der Waals surface area contributed by atoms with E-state index < -0.39 is 17.7 Å². The highest BCUT2D eigenvalue weighted by molar-refractivity contribution is 9.10. The van der Waals surface area contributed by atoms with Crippen molar-refractivity contribution < 1.29 is 19.1 Å². The average Bonchev–Trinajstić information content (AvgIpc) is 2.47. The van der Waals surface area contributed by atoms with Crippen molar-refractivity contribution in [2.24, 2.45) is 0 Å². The first-order valence-corrected chi connectivity index (χ1v) is 8.69. The molecular formula is C17H24BrN3O4. The quantitative estimate of drug-likeness (QED) is 0.667. The molecule has 7 nitrogen and oxygen atoms in total. The molecule has 25 heavy (non-hydrogen) atoms. The third kappa shape index (κ3) is 9.09. The van der Waals surface area contributed by atoms with Crippen LogP contribution in [0, 0.1) is 0 Å². The maximum absolute atomic E-state index is 11.9. The lowest BCUT2D eigenvalue weighted by molar-refractivity contribution is -0.123. The van der Waals surface area contributed by atoms with Gasteiger partial charge in [0.15, 0.2) is 0 Å². The lowest BCUT2D eigenvalue weighted by Crippen LogP contribution is -2.46. The van der Waals surface area contributed by atoms with Crippen LogP contribution >= 0.6 is 15.9 Å². The Bertz CT molecular complexity index is 611. The minimum Gasteiger partial charge on any atom is -0.444 e. The SMILES string of the molecule is CC(NC(=O)OC(C)(C)C)C(=O)NCCC(=O)Nc1ccc(Br)cc1. The number of carbonyl (C=O) groups is 3. The van der Waals surface area contributed by atoms with Gasteiger partial charge in [0.1, 0.15) is 11.6 Å². The summed E-state index contributed by atoms with van der Waals surface area (Å²) in [5.41, 5.74) is 0.0465. The maximum atomic E-state index is 11.9. The summed E-state index contributed by atoms with van der Waals surface area (Å²) in [4.78, 5) is 35.3. The minimum atomic E-state index is -0.760. The van der Waals surface area contributed by atoms with E-state index in [1.165, 1.54) is 0 Å². The monoisotopic (exact) mass is 413 g/mol. The molecular weight excluding hydrogens is 390 g/mol. The van der Waals surface area contributed by atoms with Crippen LogP contribution in [0.1, 0.15) is 34.1 Å². The Balaban J connectivity index is 2.30. The Morgan fingerprint density at radius 1 is 1.16 bits per heavy atom. The Morgan fingerprint density at radius 3 is 2.32 bits per heavy atom. The van der Waals surface area contributed by atoms with Crippen molar-refractivity contribution in [3.05, 3.63) is 28.7 Å². The summed E-state index contributed by atoms with van der Waals surface area (Å²) in [6.45, 7) is 6.92. The third-order valence-corrected chi connectivity index (χ3v) is 3.43. The maximum Gasteiger partial charge on any atom is 0.408 e. The predicted octanol–water partition coefficient (Wildman–Crippen LogP) is 2.81. The van der Waals surface area contributed by atoms with Crippen LogP contribution in [-0.2, 0) is 14.3 Å². The molecule has 1 unspecified atom stereocenters. The Kier molecular flexibility index (Phi) is 7.89. The van der Waals surface area contributed by atoms with E-state index in [1.807, 2.05) is 12.1 Å². The topological polar surface area (TPSA) is 96.5 Å². The molecule has 0 spiro atoms. The molecule has 0 saturated heterocycles. The van der Waals surface area contributed by atoms with Crippen LogP contribution in [0.25, 0.3) is 0 Å². The highest BCUT2D eigenvalue weighted by atomic mass is 79.9. The lowest BCUT2D eigenvalue weighted by Gasteiger charge is -2.21. The first-order chi connectivity index (χ1) is 11.6. The highest BCUT2D eigenvalue weighted by Crippen LogP contribution is 2.14. The zero-order valence-electron chi connectivity index (χ0n) is 14.8. The number of alkyl carbamates (subject to hydrolysis) is 1. The van der Waals surface area contributed by atoms with Gasteiger partial charge < -0.3 is 20.7 Å². The minimum absolute atomic E-state index is 0.126. The summed E-state index contributed by atoms with van der Waals surface area (Å²) in [7, 11) is 0. The first kappa shape index (κ1) is 21.0. The molecule has 0 saturated carbocycles. The number of hydrogen-bond acceptors (Lipinski definition) is 4. The van der Waals surface area contributed by atoms with Crippen LogP contribution < -0.4 is 16.0 Å². The van der Waals surface area contributed by atoms with Crippen LogP contribution in [0.3, 0.4) is 0 Å². The van der Waals surface area contributed by atoms with Crippen molar-refractivity contribution in [2.45, 2.75) is 45.8 Å². The van der Waals surface area contributed by atoms with Gasteiger partial charge in [-0.25, -0.2) is 4.79 Å². The second-order valence-corrected chi connectivity index (χ2v) is 7.38. The number of carbonyl (C=O) groups excluding carboxylic acids is 3. The first-order valence-electron chi connectivity index (χ1n) is 7.89. The zero-order valence-corrected chi connectivity index (χ0v) is 16.4. The molecule has 0 fully saturated rings. The molecule has 0 aromatic heterocycles. The summed E-state index contributed by atoms with van der Waals surface area (Å²) >= 11 is 3.32. The van der Waals surface area contributed by atoms with Gasteiger partial charge in [0.25, 0.3) is 0 Å². The van der Waals surface area contributed by atoms with Crippen molar-refractivity contribution in [3.63, 3.8) is 0 Å². The fourth-order valence-electron chi connectivity index (χ4n) is 1.76. The van der Waals surface area contributed by atoms with E-state index >= 15 is 0 Å². The molecule has 1 atom stereocenters. The summed E-state index contributed by atoms with van der Waals surface area (Å²) in [5.74, 6) is -0.599. The van der Waals surface area contributed by atoms with Gasteiger partial charge in [-0.2, -0.15) is 0 Å². The lowest BCUT2D eigenvalue weighted by atomic mass is 10.2. The van der Waals surface area contributed by atoms with Crippen molar-refractivity contribution in [2.75, 3.05) is 11.9 Å². The predicted molar refractivity (Wildman–Crippen MR) is 99.2 cm³/mol. The summed E-state index contributed by atoms with van der Waals surface area (Å²) in [5, 5.41) is 7.77. The molecule has 1 aromatic rings. The second-order valence-electron chi connectivity index (χ2n) is 6.46. The van der Waals surface area contributed by atoms with Gasteiger partial charge in [0.05, 0.1) is 0 Å². The fourth-order valence-corrected chi connectivity index (χ4v) is 2.02. The largest absolute Gasteiger partial charge is 0.444 e. The van der Waals surface area contributed by atoms with Gasteiger partial charge in [-0.05, 0) is 52.0 Å². The molecule has 1 rings (SSSR count). The standard InChI is InChI=1S/C17H24BrN3O4/c1-11(20-16(24)25-17(2,3)4)15(23)19-10-9-14(22)21-13-7-5-12(18)6-8-13/h5-8,11H,9-10H2,1-4H3,(H,19,23)(H,20,24)(H,21,22). The number of hydrogen-bond donors (Lipinski definition) is 3. The molecule has 0 bridgehead atoms. The second kappa shape index (κ2) is 9.41. The number of benzene rings is 1. The van der Waals surface area contributed by atoms with E-state index in [0.717, 1.165) is 4.47 Å². The number of nitrogens with one attached hydrogen (secondary N) is 3. The third-order valence-electron chi connectivity index (χ3n) is 2.91. The Labute approximate surface area is 156 Å². The number of amides is 3. The number of halogens is 1. The summed E-state index contributed by atoms with van der Waals surface area (Å²) in [6, 6.07) is 6.42. The van der Waals surface area contributed by atoms with Crippen molar-refractivity contribution in [1.29, 1.82) is 0 Å². The molecule has 0 aliphatic heterocycles. The number of rotatable bonds is 6. The molecule has 8 heteroatoms. The van der Waals surface area contributed by atoms with Crippen molar-refractivity contribution in [1.82, 2.24) is 10.6 Å². The Morgan fingerprint density at radius 2 is 1.76 bits per heavy atom. The van der Waals surface area contributed by atoms with Crippen LogP contribution in [-0.4, -0.2) is 36.1 Å². The molecule has 1 aromatic carbocycles. The van der Waals surface area contributed by atoms with Crippen LogP contribution in [0.2, 0.25) is 0 Å². The molecule has 0 radical (unpaired) electrons.